The summed E-state index contributed by atoms with van der Waals surface area (Å²) in [7, 11) is 0. The first-order valence-corrected chi connectivity index (χ1v) is 7.77. The smallest absolute Gasteiger partial charge is 0.129 e. The number of rotatable bonds is 7. The van der Waals surface area contributed by atoms with E-state index in [1.807, 2.05) is 0 Å². The first-order valence-electron chi connectivity index (χ1n) is 7.77. The van der Waals surface area contributed by atoms with Crippen molar-refractivity contribution in [2.24, 2.45) is 0 Å². The van der Waals surface area contributed by atoms with Crippen LogP contribution in [-0.2, 0) is 11.3 Å². The number of anilines is 1. The van der Waals surface area contributed by atoms with E-state index in [0.29, 0.717) is 6.10 Å². The highest BCUT2D eigenvalue weighted by molar-refractivity contribution is 5.42. The van der Waals surface area contributed by atoms with Gasteiger partial charge >= 0.3 is 0 Å². The van der Waals surface area contributed by atoms with Crippen molar-refractivity contribution >= 4 is 5.82 Å². The van der Waals surface area contributed by atoms with Gasteiger partial charge in [-0.3, -0.25) is 0 Å². The molecular formula is C16H27N3O. The summed E-state index contributed by atoms with van der Waals surface area (Å²) in [6, 6.07) is 4.36. The minimum Gasteiger partial charge on any atom is -0.376 e. The lowest BCUT2D eigenvalue weighted by atomic mass is 10.2. The summed E-state index contributed by atoms with van der Waals surface area (Å²) in [4.78, 5) is 7.03. The second-order valence-corrected chi connectivity index (χ2v) is 5.43. The van der Waals surface area contributed by atoms with Crippen LogP contribution in [0.25, 0.3) is 0 Å². The van der Waals surface area contributed by atoms with Crippen molar-refractivity contribution in [2.75, 3.05) is 31.1 Å². The van der Waals surface area contributed by atoms with Gasteiger partial charge in [0, 0.05) is 31.9 Å². The highest BCUT2D eigenvalue weighted by atomic mass is 16.5. The maximum Gasteiger partial charge on any atom is 0.129 e. The van der Waals surface area contributed by atoms with Crippen LogP contribution in [0.1, 0.15) is 37.9 Å². The molecule has 1 saturated heterocycles. The van der Waals surface area contributed by atoms with Gasteiger partial charge in [0.2, 0.25) is 0 Å². The largest absolute Gasteiger partial charge is 0.376 e. The summed E-state index contributed by atoms with van der Waals surface area (Å²) in [5.41, 5.74) is 2.39. The van der Waals surface area contributed by atoms with E-state index in [9.17, 15) is 0 Å². The summed E-state index contributed by atoms with van der Waals surface area (Å²) in [6.45, 7) is 11.1. The Hall–Kier alpha value is -1.13. The number of nitrogens with one attached hydrogen (secondary N) is 1. The van der Waals surface area contributed by atoms with E-state index in [4.69, 9.17) is 9.72 Å². The zero-order chi connectivity index (χ0) is 14.4. The van der Waals surface area contributed by atoms with Crippen molar-refractivity contribution in [1.29, 1.82) is 0 Å². The van der Waals surface area contributed by atoms with Crippen molar-refractivity contribution in [3.8, 4) is 0 Å². The minimum absolute atomic E-state index is 0.370. The van der Waals surface area contributed by atoms with Gasteiger partial charge < -0.3 is 15.0 Å². The van der Waals surface area contributed by atoms with Crippen LogP contribution in [0.15, 0.2) is 12.1 Å². The fraction of sp³-hybridized carbons (Fsp3) is 0.688. The van der Waals surface area contributed by atoms with Gasteiger partial charge in [0.05, 0.1) is 6.10 Å². The van der Waals surface area contributed by atoms with Crippen LogP contribution in [0, 0.1) is 6.92 Å². The number of ether oxygens (including phenoxy) is 1. The number of nitrogens with zero attached hydrogens (tertiary/aromatic N) is 2. The van der Waals surface area contributed by atoms with Gasteiger partial charge in [-0.1, -0.05) is 6.92 Å². The minimum atomic E-state index is 0.370. The molecule has 1 atom stereocenters. The van der Waals surface area contributed by atoms with Crippen LogP contribution in [-0.4, -0.2) is 37.3 Å². The van der Waals surface area contributed by atoms with E-state index in [1.165, 1.54) is 18.4 Å². The SMILES string of the molecule is CCNCc1cc(C)nc(N(CC)CC2CCCO2)c1. The molecule has 0 spiro atoms. The topological polar surface area (TPSA) is 37.4 Å². The molecule has 2 rings (SSSR count). The van der Waals surface area contributed by atoms with Crippen molar-refractivity contribution in [3.05, 3.63) is 23.4 Å². The van der Waals surface area contributed by atoms with Crippen LogP contribution in [0.2, 0.25) is 0 Å². The fourth-order valence-corrected chi connectivity index (χ4v) is 2.67. The van der Waals surface area contributed by atoms with Crippen LogP contribution in [0.5, 0.6) is 0 Å². The lowest BCUT2D eigenvalue weighted by Crippen LogP contribution is -2.33. The van der Waals surface area contributed by atoms with Crippen LogP contribution in [0.4, 0.5) is 5.82 Å². The molecule has 1 fully saturated rings. The Balaban J connectivity index is 2.08. The third-order valence-corrected chi connectivity index (χ3v) is 3.73. The van der Waals surface area contributed by atoms with Crippen molar-refractivity contribution in [1.82, 2.24) is 10.3 Å². The Morgan fingerprint density at radius 2 is 2.25 bits per heavy atom. The Kier molecular flexibility index (Phi) is 5.80. The molecule has 1 aromatic rings. The molecule has 20 heavy (non-hydrogen) atoms. The van der Waals surface area contributed by atoms with E-state index in [2.05, 4.69) is 43.1 Å². The zero-order valence-electron chi connectivity index (χ0n) is 13.0. The first-order chi connectivity index (χ1) is 9.72. The molecule has 1 unspecified atom stereocenters. The first kappa shape index (κ1) is 15.3. The fourth-order valence-electron chi connectivity index (χ4n) is 2.67. The van der Waals surface area contributed by atoms with Crippen molar-refractivity contribution in [2.45, 2.75) is 46.3 Å². The van der Waals surface area contributed by atoms with Crippen LogP contribution >= 0.6 is 0 Å². The Labute approximate surface area is 122 Å². The number of hydrogen-bond donors (Lipinski definition) is 1. The average molecular weight is 277 g/mol. The molecule has 4 nitrogen and oxygen atoms in total. The summed E-state index contributed by atoms with van der Waals surface area (Å²) in [5.74, 6) is 1.08. The van der Waals surface area contributed by atoms with Gasteiger partial charge in [-0.2, -0.15) is 0 Å². The molecule has 0 saturated carbocycles. The molecule has 4 heteroatoms. The molecule has 0 aromatic carbocycles. The molecule has 1 aromatic heterocycles. The van der Waals surface area contributed by atoms with Gasteiger partial charge in [0.15, 0.2) is 0 Å². The van der Waals surface area contributed by atoms with Gasteiger partial charge in [-0.15, -0.1) is 0 Å². The number of likely N-dealkylation sites (N-methyl/N-ethyl adjacent to an activating group) is 1. The number of aryl methyl sites for hydroxylation is 1. The van der Waals surface area contributed by atoms with Crippen LogP contribution < -0.4 is 10.2 Å². The predicted octanol–water partition coefficient (Wildman–Crippen LogP) is 2.50. The van der Waals surface area contributed by atoms with E-state index in [1.54, 1.807) is 0 Å². The third kappa shape index (κ3) is 4.18. The zero-order valence-corrected chi connectivity index (χ0v) is 13.0. The molecule has 0 bridgehead atoms. The highest BCUT2D eigenvalue weighted by Crippen LogP contribution is 2.19. The molecule has 1 aliphatic rings. The molecule has 0 aliphatic carbocycles. The second-order valence-electron chi connectivity index (χ2n) is 5.43. The molecule has 112 valence electrons. The predicted molar refractivity (Wildman–Crippen MR) is 83.2 cm³/mol. The van der Waals surface area contributed by atoms with Crippen molar-refractivity contribution < 1.29 is 4.74 Å². The van der Waals surface area contributed by atoms with Gasteiger partial charge in [-0.25, -0.2) is 4.98 Å². The van der Waals surface area contributed by atoms with E-state index in [-0.39, 0.29) is 0 Å². The van der Waals surface area contributed by atoms with E-state index in [0.717, 1.165) is 44.3 Å². The number of aromatic nitrogens is 1. The molecule has 0 amide bonds. The Morgan fingerprint density at radius 3 is 2.90 bits per heavy atom. The van der Waals surface area contributed by atoms with E-state index < -0.39 is 0 Å². The average Bonchev–Trinajstić information content (AvgIpc) is 2.95. The molecule has 2 heterocycles. The van der Waals surface area contributed by atoms with Gasteiger partial charge in [0.25, 0.3) is 0 Å². The summed E-state index contributed by atoms with van der Waals surface area (Å²) >= 11 is 0. The monoisotopic (exact) mass is 277 g/mol. The standard InChI is InChI=1S/C16H27N3O/c1-4-17-11-14-9-13(3)18-16(10-14)19(5-2)12-15-7-6-8-20-15/h9-10,15,17H,4-8,11-12H2,1-3H3. The Morgan fingerprint density at radius 1 is 1.40 bits per heavy atom. The normalized spacial score (nSPS) is 18.4. The maximum atomic E-state index is 5.75. The van der Waals surface area contributed by atoms with Crippen LogP contribution in [0.3, 0.4) is 0 Å². The lowest BCUT2D eigenvalue weighted by Gasteiger charge is -2.25. The summed E-state index contributed by atoms with van der Waals surface area (Å²) in [6.07, 6.45) is 2.73. The Bertz CT molecular complexity index is 416. The molecule has 1 N–H and O–H groups in total. The second kappa shape index (κ2) is 7.60. The van der Waals surface area contributed by atoms with Gasteiger partial charge in [0.1, 0.15) is 5.82 Å². The third-order valence-electron chi connectivity index (χ3n) is 3.73. The number of hydrogen-bond acceptors (Lipinski definition) is 4. The van der Waals surface area contributed by atoms with Crippen molar-refractivity contribution in [3.63, 3.8) is 0 Å². The summed E-state index contributed by atoms with van der Waals surface area (Å²) in [5, 5.41) is 3.38. The quantitative estimate of drug-likeness (QED) is 0.831. The van der Waals surface area contributed by atoms with Gasteiger partial charge in [-0.05, 0) is 50.9 Å². The van der Waals surface area contributed by atoms with E-state index >= 15 is 0 Å². The summed E-state index contributed by atoms with van der Waals surface area (Å²) < 4.78 is 5.75. The molecule has 0 radical (unpaired) electrons. The lowest BCUT2D eigenvalue weighted by molar-refractivity contribution is 0.115. The molecule has 1 aliphatic heterocycles. The highest BCUT2D eigenvalue weighted by Gasteiger charge is 2.19. The molecular weight excluding hydrogens is 250 g/mol. The number of pyridine rings is 1. The maximum absolute atomic E-state index is 5.75.